The van der Waals surface area contributed by atoms with Crippen LogP contribution in [-0.2, 0) is 84.7 Å². The predicted octanol–water partition coefficient (Wildman–Crippen LogP) is -0.691. The Labute approximate surface area is 607 Å². The molecule has 1 aromatic carbocycles. The van der Waals surface area contributed by atoms with Gasteiger partial charge in [0, 0.05) is 150 Å². The van der Waals surface area contributed by atoms with Crippen LogP contribution < -0.4 is 32.3 Å². The highest BCUT2D eigenvalue weighted by Crippen LogP contribution is 2.27. The largest absolute Gasteiger partial charge is 0.480 e. The summed E-state index contributed by atoms with van der Waals surface area (Å²) in [5, 5.41) is 76.6. The molecule has 2 fully saturated rings. The molecule has 34 heteroatoms. The van der Waals surface area contributed by atoms with E-state index in [4.69, 9.17) is 10.5 Å². The number of carbonyl (C=O) groups excluding carboxylic acids is 11. The molecule has 4 heterocycles. The van der Waals surface area contributed by atoms with Gasteiger partial charge in [0.15, 0.2) is 28.9 Å². The first-order valence-corrected chi connectivity index (χ1v) is 36.5. The average molecular weight is 1480 g/mol. The number of para-hydroxylation sites is 1. The second-order valence-electron chi connectivity index (χ2n) is 27.8. The molecule has 0 bridgehead atoms. The number of aliphatic hydroxyl groups is 3. The van der Waals surface area contributed by atoms with Crippen LogP contribution in [0.25, 0.3) is 10.9 Å². The number of benzene rings is 1. The number of nitrogens with two attached hydrogens (primary N) is 1. The second kappa shape index (κ2) is 42.5. The maximum Gasteiger partial charge on any atom is 0.320 e. The normalized spacial score (nSPS) is 20.0. The van der Waals surface area contributed by atoms with Crippen molar-refractivity contribution in [3.63, 3.8) is 0 Å². The molecule has 15 N–H and O–H groups in total. The maximum absolute atomic E-state index is 14.7. The number of aromatic amines is 2. The summed E-state index contributed by atoms with van der Waals surface area (Å²) in [7, 11) is 0. The van der Waals surface area contributed by atoms with Gasteiger partial charge in [-0.2, -0.15) is 11.8 Å². The van der Waals surface area contributed by atoms with Crippen LogP contribution >= 0.6 is 11.8 Å². The molecule has 0 aliphatic carbocycles. The van der Waals surface area contributed by atoms with Crippen LogP contribution in [0.1, 0.15) is 123 Å². The van der Waals surface area contributed by atoms with Crippen molar-refractivity contribution in [2.75, 3.05) is 70.9 Å². The van der Waals surface area contributed by atoms with Crippen molar-refractivity contribution in [1.82, 2.24) is 56.2 Å². The van der Waals surface area contributed by atoms with Crippen molar-refractivity contribution in [3.05, 3.63) is 54.2 Å². The summed E-state index contributed by atoms with van der Waals surface area (Å²) < 4.78 is 5.82. The summed E-state index contributed by atoms with van der Waals surface area (Å²) >= 11 is 1.52. The van der Waals surface area contributed by atoms with Gasteiger partial charge in [-0.3, -0.25) is 81.8 Å². The molecule has 0 spiro atoms. The topological polar surface area (TPSA) is 510 Å². The number of aliphatic hydroxyl groups excluding tert-OH is 3. The van der Waals surface area contributed by atoms with Gasteiger partial charge in [0.1, 0.15) is 36.6 Å². The molecule has 5 rings (SSSR count). The zero-order valence-electron chi connectivity index (χ0n) is 60.0. The SMILES string of the molecule is CSCC[C@H](NC(=O)[C@@H](CC(=O)[C@H](Cc1cnc[nH]1)NC(=O)CCC(=O)[C@@H](NC(=O)[C@H](C)CC(=O)[C@H](Cc1c[nH]c2ccccc12)NC(=O)[C@H](CCC(N)=O)CC(=O)C1OC(CNC(=O)CCC(C(=O)O)N2CCN(CC(=O)O)CCN(CC(=O)O)CC2)C(O)C(O)C1O)C(C)C)CC(C)C)C(C)=O. The van der Waals surface area contributed by atoms with E-state index in [0.717, 1.165) is 0 Å². The monoisotopic (exact) mass is 1480 g/mol. The Morgan fingerprint density at radius 3 is 1.86 bits per heavy atom. The molecule has 6 unspecified atom stereocenters. The molecule has 0 radical (unpaired) electrons. The summed E-state index contributed by atoms with van der Waals surface area (Å²) in [5.74, 6) is -14.4. The minimum Gasteiger partial charge on any atom is -0.480 e. The van der Waals surface area contributed by atoms with E-state index in [-0.39, 0.29) is 103 Å². The van der Waals surface area contributed by atoms with E-state index in [0.29, 0.717) is 40.8 Å². The zero-order valence-corrected chi connectivity index (χ0v) is 60.9. The lowest BCUT2D eigenvalue weighted by molar-refractivity contribution is -0.218. The molecule has 2 aliphatic heterocycles. The van der Waals surface area contributed by atoms with Gasteiger partial charge in [-0.25, -0.2) is 4.98 Å². The lowest BCUT2D eigenvalue weighted by atomic mass is 9.87. The first-order valence-electron chi connectivity index (χ1n) is 35.1. The van der Waals surface area contributed by atoms with Crippen LogP contribution in [-0.4, -0.2) is 274 Å². The van der Waals surface area contributed by atoms with E-state index in [2.05, 4.69) is 41.5 Å². The quantitative estimate of drug-likeness (QED) is 0.0333. The van der Waals surface area contributed by atoms with Gasteiger partial charge in [-0.05, 0) is 68.1 Å². The molecule has 2 saturated heterocycles. The van der Waals surface area contributed by atoms with Crippen LogP contribution in [0.4, 0.5) is 0 Å². The van der Waals surface area contributed by atoms with Crippen molar-refractivity contribution in [2.24, 2.45) is 35.3 Å². The smallest absolute Gasteiger partial charge is 0.320 e. The number of carboxylic acid groups (broad SMARTS) is 3. The van der Waals surface area contributed by atoms with Crippen LogP contribution in [0.3, 0.4) is 0 Å². The number of carboxylic acids is 3. The number of imidazole rings is 1. The number of aromatic nitrogens is 3. The number of Topliss-reactive ketones (excluding diaryl/α,β-unsaturated/α-hetero) is 5. The fourth-order valence-corrected chi connectivity index (χ4v) is 13.2. The van der Waals surface area contributed by atoms with Gasteiger partial charge in [0.2, 0.25) is 35.4 Å². The van der Waals surface area contributed by atoms with E-state index in [1.165, 1.54) is 43.0 Å². The van der Waals surface area contributed by atoms with E-state index < -0.39 is 200 Å². The standard InChI is InChI=1S/C70H104N12O21S/c1-38(2)26-43(69(100)77-47(41(6)83)18-25-104-7)30-54(86)50(31-45-33-72-37-75-45)76-59(90)17-14-52(84)62(39(3)4)79-67(98)40(5)27-53(85)49(28-44-32-73-48-11-9-8-10-46(44)48)78-68(99)42(12-15-57(71)88)29-55(87)66-65(97)64(96)63(95)56(103-66)34-74-58(89)16-13-51(70(101)102)82-23-21-80(35-60(91)92)19-20-81(22-24-82)36-61(93)94/h8-11,32-33,37-40,42-43,47,49-51,56,62-66,73,95-97H,12-31,34-36H2,1-7H3,(H2,71,88)(H,72,75)(H,74,89)(H,76,90)(H,77,100)(H,78,99)(H,79,98)(H,91,92)(H,93,94)(H,101,102)/t40-,42-,43-,47+,49+,50+,51?,56?,62+,63?,64?,65?,66?/m1/s1. The van der Waals surface area contributed by atoms with E-state index in [1.807, 2.05) is 20.1 Å². The Balaban J connectivity index is 1.26. The first-order chi connectivity index (χ1) is 49.1. The van der Waals surface area contributed by atoms with Crippen LogP contribution in [0, 0.1) is 29.6 Å². The zero-order chi connectivity index (χ0) is 77.1. The molecule has 3 aromatic rings. The fraction of sp³-hybridized carbons (Fsp3) is 0.643. The van der Waals surface area contributed by atoms with E-state index in [1.54, 1.807) is 54.1 Å². The number of H-pyrrole nitrogens is 2. The molecule has 104 heavy (non-hydrogen) atoms. The van der Waals surface area contributed by atoms with Gasteiger partial charge >= 0.3 is 17.9 Å². The van der Waals surface area contributed by atoms with Gasteiger partial charge in [-0.1, -0.05) is 52.8 Å². The number of carbonyl (C=O) groups is 14. The molecular weight excluding hydrogens is 1380 g/mol. The predicted molar refractivity (Wildman–Crippen MR) is 378 cm³/mol. The first kappa shape index (κ1) is 86.3. The lowest BCUT2D eigenvalue weighted by Crippen LogP contribution is -2.62. The number of nitrogens with zero attached hydrogens (tertiary/aromatic N) is 4. The molecule has 0 saturated carbocycles. The molecule has 2 aromatic heterocycles. The number of amides is 6. The summed E-state index contributed by atoms with van der Waals surface area (Å²) in [6, 6.07) is 1.28. The third kappa shape index (κ3) is 27.9. The summed E-state index contributed by atoms with van der Waals surface area (Å²) in [4.78, 5) is 202. The minimum atomic E-state index is -2.10. The van der Waals surface area contributed by atoms with Gasteiger partial charge < -0.3 is 77.7 Å². The molecule has 6 amide bonds. The highest BCUT2D eigenvalue weighted by Gasteiger charge is 2.47. The maximum atomic E-state index is 14.7. The summed E-state index contributed by atoms with van der Waals surface area (Å²) in [5.41, 5.74) is 7.26. The summed E-state index contributed by atoms with van der Waals surface area (Å²) in [6.45, 7) is 9.29. The van der Waals surface area contributed by atoms with Gasteiger partial charge in [0.05, 0.1) is 43.6 Å². The average Bonchev–Trinajstić information content (AvgIpc) is 1.34. The fourth-order valence-electron chi connectivity index (χ4n) is 12.8. The number of ketones is 5. The van der Waals surface area contributed by atoms with Gasteiger partial charge in [-0.15, -0.1) is 0 Å². The number of nitrogens with one attached hydrogen (secondary N) is 7. The number of hydrogen-bond donors (Lipinski definition) is 14. The Kier molecular flexibility index (Phi) is 35.3. The number of aliphatic carboxylic acids is 3. The lowest BCUT2D eigenvalue weighted by Gasteiger charge is -2.40. The highest BCUT2D eigenvalue weighted by atomic mass is 32.2. The number of hydrogen-bond acceptors (Lipinski definition) is 23. The van der Waals surface area contributed by atoms with Crippen LogP contribution in [0.2, 0.25) is 0 Å². The molecule has 13 atom stereocenters. The Hall–Kier alpha value is -8.38. The Morgan fingerprint density at radius 2 is 1.27 bits per heavy atom. The third-order valence-electron chi connectivity index (χ3n) is 18.7. The number of fused-ring (bicyclic) bond motifs is 1. The summed E-state index contributed by atoms with van der Waals surface area (Å²) in [6.07, 6.45) is -6.68. The number of primary amides is 1. The molecule has 576 valence electrons. The molecule has 33 nitrogen and oxygen atoms in total. The third-order valence-corrected chi connectivity index (χ3v) is 19.3. The van der Waals surface area contributed by atoms with Crippen molar-refractivity contribution in [1.29, 1.82) is 0 Å². The molecule has 2 aliphatic rings. The van der Waals surface area contributed by atoms with Crippen LogP contribution in [0.15, 0.2) is 43.0 Å². The van der Waals surface area contributed by atoms with Crippen molar-refractivity contribution in [2.45, 2.75) is 186 Å². The van der Waals surface area contributed by atoms with Crippen molar-refractivity contribution < 1.29 is 102 Å². The molecular formula is C70H104N12O21S. The Bertz CT molecular complexity index is 3410. The minimum absolute atomic E-state index is 0.0150. The van der Waals surface area contributed by atoms with E-state index >= 15 is 0 Å². The number of ether oxygens (including phenoxy) is 1. The van der Waals surface area contributed by atoms with Crippen LogP contribution in [0.5, 0.6) is 0 Å². The van der Waals surface area contributed by atoms with Crippen molar-refractivity contribution >= 4 is 105 Å². The van der Waals surface area contributed by atoms with Crippen molar-refractivity contribution in [3.8, 4) is 0 Å². The Morgan fingerprint density at radius 1 is 0.654 bits per heavy atom. The number of rotatable bonds is 45. The number of thioether (sulfide) groups is 1. The van der Waals surface area contributed by atoms with Gasteiger partial charge in [0.25, 0.3) is 0 Å². The van der Waals surface area contributed by atoms with E-state index in [9.17, 15) is 97.8 Å². The second-order valence-corrected chi connectivity index (χ2v) is 28.7. The highest BCUT2D eigenvalue weighted by molar-refractivity contribution is 7.98.